The van der Waals surface area contributed by atoms with Gasteiger partial charge < -0.3 is 10.1 Å². The third-order valence-corrected chi connectivity index (χ3v) is 3.94. The van der Waals surface area contributed by atoms with Crippen molar-refractivity contribution in [3.8, 4) is 0 Å². The first kappa shape index (κ1) is 13.6. The molecule has 2 rings (SSSR count). The van der Waals surface area contributed by atoms with Crippen LogP contribution in [0, 0.1) is 5.41 Å². The lowest BCUT2D eigenvalue weighted by molar-refractivity contribution is 0.171. The number of hydrogen-bond donors (Lipinski definition) is 1. The maximum atomic E-state index is 5.18. The predicted octanol–water partition coefficient (Wildman–Crippen LogP) is 1.89. The van der Waals surface area contributed by atoms with Gasteiger partial charge in [0.1, 0.15) is 0 Å². The maximum Gasteiger partial charge on any atom is 0.0666 e. The Hall–Kier alpha value is -0.870. The number of ether oxygens (including phenoxy) is 1. The van der Waals surface area contributed by atoms with E-state index in [4.69, 9.17) is 4.74 Å². The van der Waals surface area contributed by atoms with Crippen LogP contribution in [-0.4, -0.2) is 30.0 Å². The molecule has 1 N–H and O–H groups in total. The van der Waals surface area contributed by atoms with Crippen LogP contribution in [0.2, 0.25) is 0 Å². The molecule has 0 unspecified atom stereocenters. The van der Waals surface area contributed by atoms with E-state index in [1.165, 1.54) is 30.5 Å². The van der Waals surface area contributed by atoms with Crippen LogP contribution in [0.5, 0.6) is 0 Å². The van der Waals surface area contributed by atoms with E-state index in [1.54, 1.807) is 7.11 Å². The van der Waals surface area contributed by atoms with E-state index in [2.05, 4.69) is 23.5 Å². The summed E-state index contributed by atoms with van der Waals surface area (Å²) >= 11 is 0. The van der Waals surface area contributed by atoms with Crippen LogP contribution in [-0.2, 0) is 24.8 Å². The average Bonchev–Trinajstić information content (AvgIpc) is 3.04. The van der Waals surface area contributed by atoms with Crippen molar-refractivity contribution in [1.82, 2.24) is 15.1 Å². The molecule has 0 atom stereocenters. The Morgan fingerprint density at radius 1 is 1.50 bits per heavy atom. The van der Waals surface area contributed by atoms with Gasteiger partial charge in [0, 0.05) is 45.6 Å². The van der Waals surface area contributed by atoms with Gasteiger partial charge in [-0.3, -0.25) is 4.68 Å². The number of nitrogens with one attached hydrogen (secondary N) is 1. The van der Waals surface area contributed by atoms with Crippen LogP contribution in [0.25, 0.3) is 0 Å². The van der Waals surface area contributed by atoms with Gasteiger partial charge in [0.25, 0.3) is 0 Å². The van der Waals surface area contributed by atoms with Gasteiger partial charge in [0.15, 0.2) is 0 Å². The molecule has 0 amide bonds. The Morgan fingerprint density at radius 3 is 2.89 bits per heavy atom. The fourth-order valence-corrected chi connectivity index (χ4v) is 2.50. The van der Waals surface area contributed by atoms with E-state index in [1.807, 2.05) is 11.7 Å². The molecular formula is C14H25N3O. The molecule has 1 saturated carbocycles. The van der Waals surface area contributed by atoms with Crippen LogP contribution in [0.15, 0.2) is 6.20 Å². The largest absolute Gasteiger partial charge is 0.385 e. The van der Waals surface area contributed by atoms with Crippen LogP contribution < -0.4 is 5.32 Å². The van der Waals surface area contributed by atoms with Gasteiger partial charge in [-0.15, -0.1) is 0 Å². The minimum absolute atomic E-state index is 0.518. The third-order valence-electron chi connectivity index (χ3n) is 3.94. The van der Waals surface area contributed by atoms with Gasteiger partial charge in [-0.25, -0.2) is 0 Å². The monoisotopic (exact) mass is 251 g/mol. The molecule has 0 radical (unpaired) electrons. The summed E-state index contributed by atoms with van der Waals surface area (Å²) in [5.41, 5.74) is 3.07. The highest BCUT2D eigenvalue weighted by Gasteiger charge is 2.41. The minimum atomic E-state index is 0.518. The van der Waals surface area contributed by atoms with Crippen LogP contribution in [0.4, 0.5) is 0 Å². The van der Waals surface area contributed by atoms with Crippen molar-refractivity contribution in [3.63, 3.8) is 0 Å². The van der Waals surface area contributed by atoms with Crippen molar-refractivity contribution in [3.05, 3.63) is 17.5 Å². The second-order valence-corrected chi connectivity index (χ2v) is 5.47. The second kappa shape index (κ2) is 5.85. The molecule has 18 heavy (non-hydrogen) atoms. The molecule has 1 aromatic heterocycles. The lowest BCUT2D eigenvalue weighted by Gasteiger charge is -2.15. The summed E-state index contributed by atoms with van der Waals surface area (Å²) in [4.78, 5) is 0. The Labute approximate surface area is 110 Å². The normalized spacial score (nSPS) is 17.1. The van der Waals surface area contributed by atoms with Gasteiger partial charge in [0.2, 0.25) is 0 Å². The van der Waals surface area contributed by atoms with Crippen LogP contribution in [0.3, 0.4) is 0 Å². The quantitative estimate of drug-likeness (QED) is 0.767. The van der Waals surface area contributed by atoms with E-state index >= 15 is 0 Å². The smallest absolute Gasteiger partial charge is 0.0666 e. The van der Waals surface area contributed by atoms with E-state index in [0.29, 0.717) is 5.41 Å². The SMILES string of the molecule is CCc1nn(C)cc1CNCC1(CCOC)CC1. The highest BCUT2D eigenvalue weighted by molar-refractivity contribution is 5.16. The Bertz CT molecular complexity index is 382. The molecule has 1 aliphatic carbocycles. The molecule has 102 valence electrons. The number of aromatic nitrogens is 2. The van der Waals surface area contributed by atoms with Crippen molar-refractivity contribution >= 4 is 0 Å². The first-order valence-electron chi connectivity index (χ1n) is 6.90. The molecular weight excluding hydrogens is 226 g/mol. The number of methoxy groups -OCH3 is 1. The Morgan fingerprint density at radius 2 is 2.28 bits per heavy atom. The molecule has 1 heterocycles. The fourth-order valence-electron chi connectivity index (χ4n) is 2.50. The third kappa shape index (κ3) is 3.33. The summed E-state index contributed by atoms with van der Waals surface area (Å²) in [5, 5.41) is 8.06. The topological polar surface area (TPSA) is 39.1 Å². The maximum absolute atomic E-state index is 5.18. The van der Waals surface area contributed by atoms with E-state index in [0.717, 1.165) is 26.1 Å². The molecule has 0 aromatic carbocycles. The van der Waals surface area contributed by atoms with Crippen molar-refractivity contribution < 1.29 is 4.74 Å². The number of rotatable bonds is 8. The van der Waals surface area contributed by atoms with Gasteiger partial charge in [-0.05, 0) is 31.1 Å². The van der Waals surface area contributed by atoms with Crippen molar-refractivity contribution in [1.29, 1.82) is 0 Å². The molecule has 0 spiro atoms. The first-order chi connectivity index (χ1) is 8.69. The minimum Gasteiger partial charge on any atom is -0.385 e. The molecule has 4 nitrogen and oxygen atoms in total. The number of hydrogen-bond acceptors (Lipinski definition) is 3. The summed E-state index contributed by atoms with van der Waals surface area (Å²) in [6, 6.07) is 0. The summed E-state index contributed by atoms with van der Waals surface area (Å²) in [6.45, 7) is 5.09. The molecule has 1 aliphatic rings. The van der Waals surface area contributed by atoms with Crippen molar-refractivity contribution in [2.45, 2.75) is 39.2 Å². The fraction of sp³-hybridized carbons (Fsp3) is 0.786. The molecule has 1 aromatic rings. The number of aryl methyl sites for hydroxylation is 2. The first-order valence-corrected chi connectivity index (χ1v) is 6.90. The van der Waals surface area contributed by atoms with E-state index < -0.39 is 0 Å². The lowest BCUT2D eigenvalue weighted by Crippen LogP contribution is -2.24. The predicted molar refractivity (Wildman–Crippen MR) is 72.5 cm³/mol. The van der Waals surface area contributed by atoms with Gasteiger partial charge >= 0.3 is 0 Å². The van der Waals surface area contributed by atoms with Gasteiger partial charge in [-0.1, -0.05) is 6.92 Å². The molecule has 0 saturated heterocycles. The second-order valence-electron chi connectivity index (χ2n) is 5.47. The van der Waals surface area contributed by atoms with Crippen molar-refractivity contribution in [2.24, 2.45) is 12.5 Å². The highest BCUT2D eigenvalue weighted by atomic mass is 16.5. The van der Waals surface area contributed by atoms with E-state index in [-0.39, 0.29) is 0 Å². The summed E-state index contributed by atoms with van der Waals surface area (Å²) < 4.78 is 7.09. The zero-order chi connectivity index (χ0) is 13.0. The molecule has 1 fully saturated rings. The zero-order valence-electron chi connectivity index (χ0n) is 11.8. The number of nitrogens with zero attached hydrogens (tertiary/aromatic N) is 2. The van der Waals surface area contributed by atoms with Crippen LogP contribution in [0.1, 0.15) is 37.4 Å². The molecule has 4 heteroatoms. The Balaban J connectivity index is 1.78. The average molecular weight is 251 g/mol. The van der Waals surface area contributed by atoms with Crippen molar-refractivity contribution in [2.75, 3.05) is 20.3 Å². The molecule has 0 bridgehead atoms. The Kier molecular flexibility index (Phi) is 4.40. The summed E-state index contributed by atoms with van der Waals surface area (Å²) in [7, 11) is 3.77. The highest BCUT2D eigenvalue weighted by Crippen LogP contribution is 2.48. The summed E-state index contributed by atoms with van der Waals surface area (Å²) in [5.74, 6) is 0. The van der Waals surface area contributed by atoms with E-state index in [9.17, 15) is 0 Å². The zero-order valence-corrected chi connectivity index (χ0v) is 11.8. The lowest BCUT2D eigenvalue weighted by atomic mass is 10.0. The summed E-state index contributed by atoms with van der Waals surface area (Å²) in [6.07, 6.45) is 7.01. The van der Waals surface area contributed by atoms with Gasteiger partial charge in [-0.2, -0.15) is 5.10 Å². The van der Waals surface area contributed by atoms with Gasteiger partial charge in [0.05, 0.1) is 5.69 Å². The van der Waals surface area contributed by atoms with Crippen LogP contribution >= 0.6 is 0 Å². The molecule has 0 aliphatic heterocycles. The standard InChI is InChI=1S/C14H25N3O/c1-4-13-12(10-17(2)16-13)9-15-11-14(5-6-14)7-8-18-3/h10,15H,4-9,11H2,1-3H3.